The zero-order chi connectivity index (χ0) is 16.7. The monoisotopic (exact) mass is 407 g/mol. The molecule has 0 aliphatic carbocycles. The lowest BCUT2D eigenvalue weighted by Crippen LogP contribution is -2.60. The van der Waals surface area contributed by atoms with Crippen LogP contribution in [0.3, 0.4) is 0 Å². The van der Waals surface area contributed by atoms with Gasteiger partial charge in [-0.05, 0) is 28.1 Å². The lowest BCUT2D eigenvalue weighted by atomic mass is 9.99. The van der Waals surface area contributed by atoms with Gasteiger partial charge in [-0.3, -0.25) is 0 Å². The average Bonchev–Trinajstić information content (AvgIpc) is 2.95. The number of aliphatic hydroxyl groups is 4. The third-order valence-electron chi connectivity index (χ3n) is 3.79. The summed E-state index contributed by atoms with van der Waals surface area (Å²) < 4.78 is 11.6. The number of hydrogen-bond acceptors (Lipinski definition) is 6. The van der Waals surface area contributed by atoms with E-state index in [4.69, 9.17) is 21.1 Å². The van der Waals surface area contributed by atoms with Crippen molar-refractivity contribution in [3.8, 4) is 5.75 Å². The van der Waals surface area contributed by atoms with E-state index in [2.05, 4.69) is 20.9 Å². The highest BCUT2D eigenvalue weighted by atomic mass is 79.9. The second-order valence-electron chi connectivity index (χ2n) is 5.25. The van der Waals surface area contributed by atoms with Crippen molar-refractivity contribution in [1.29, 1.82) is 0 Å². The van der Waals surface area contributed by atoms with Gasteiger partial charge in [-0.25, -0.2) is 0 Å². The van der Waals surface area contributed by atoms with Crippen molar-refractivity contribution in [2.75, 3.05) is 6.61 Å². The van der Waals surface area contributed by atoms with Gasteiger partial charge >= 0.3 is 0 Å². The number of rotatable bonds is 3. The Hall–Kier alpha value is -0.870. The van der Waals surface area contributed by atoms with Crippen molar-refractivity contribution in [3.05, 3.63) is 27.8 Å². The molecule has 23 heavy (non-hydrogen) atoms. The van der Waals surface area contributed by atoms with Crippen molar-refractivity contribution in [1.82, 2.24) is 4.98 Å². The molecule has 0 unspecified atom stereocenters. The van der Waals surface area contributed by atoms with E-state index >= 15 is 0 Å². The van der Waals surface area contributed by atoms with E-state index in [0.29, 0.717) is 20.6 Å². The van der Waals surface area contributed by atoms with Crippen LogP contribution in [0.5, 0.6) is 5.75 Å². The Morgan fingerprint density at radius 1 is 1.22 bits per heavy atom. The summed E-state index contributed by atoms with van der Waals surface area (Å²) in [5.41, 5.74) is 0.720. The molecule has 5 atom stereocenters. The molecule has 0 saturated carbocycles. The van der Waals surface area contributed by atoms with Gasteiger partial charge in [-0.2, -0.15) is 0 Å². The van der Waals surface area contributed by atoms with Gasteiger partial charge in [-0.15, -0.1) is 0 Å². The Balaban J connectivity index is 1.91. The molecular weight excluding hydrogens is 394 g/mol. The lowest BCUT2D eigenvalue weighted by Gasteiger charge is -2.39. The van der Waals surface area contributed by atoms with Crippen molar-refractivity contribution in [2.24, 2.45) is 0 Å². The van der Waals surface area contributed by atoms with Crippen LogP contribution >= 0.6 is 27.5 Å². The second kappa shape index (κ2) is 6.56. The van der Waals surface area contributed by atoms with E-state index in [1.54, 1.807) is 18.3 Å². The van der Waals surface area contributed by atoms with Crippen LogP contribution in [-0.2, 0) is 4.74 Å². The number of H-pyrrole nitrogens is 1. The summed E-state index contributed by atoms with van der Waals surface area (Å²) in [5.74, 6) is 0.315. The predicted molar refractivity (Wildman–Crippen MR) is 85.4 cm³/mol. The molecule has 5 N–H and O–H groups in total. The summed E-state index contributed by atoms with van der Waals surface area (Å²) in [7, 11) is 0. The highest BCUT2D eigenvalue weighted by Gasteiger charge is 2.44. The van der Waals surface area contributed by atoms with E-state index in [1.807, 2.05) is 0 Å². The SMILES string of the molecule is OC[C@H]1O[C@@H](Oc2c[nH]c3ccc(Br)c(Cl)c23)[C@@H](O)[C@@H](O)[C@@H]1O. The molecule has 7 nitrogen and oxygen atoms in total. The van der Waals surface area contributed by atoms with Crippen molar-refractivity contribution < 1.29 is 29.9 Å². The number of hydrogen-bond donors (Lipinski definition) is 5. The Labute approximate surface area is 144 Å². The van der Waals surface area contributed by atoms with Gasteiger partial charge in [0.15, 0.2) is 0 Å². The van der Waals surface area contributed by atoms with Crippen molar-refractivity contribution in [3.63, 3.8) is 0 Å². The summed E-state index contributed by atoms with van der Waals surface area (Å²) in [6, 6.07) is 3.57. The quantitative estimate of drug-likeness (QED) is 0.512. The van der Waals surface area contributed by atoms with Crippen LogP contribution < -0.4 is 4.74 Å². The van der Waals surface area contributed by atoms with Gasteiger partial charge < -0.3 is 34.9 Å². The first-order chi connectivity index (χ1) is 10.9. The first kappa shape index (κ1) is 17.0. The molecule has 3 rings (SSSR count). The van der Waals surface area contributed by atoms with Gasteiger partial charge in [0, 0.05) is 10.7 Å². The van der Waals surface area contributed by atoms with Crippen LogP contribution in [0.2, 0.25) is 5.02 Å². The van der Waals surface area contributed by atoms with Gasteiger partial charge in [0.05, 0.1) is 22.5 Å². The molecule has 1 aromatic carbocycles. The third kappa shape index (κ3) is 2.96. The fourth-order valence-electron chi connectivity index (χ4n) is 2.51. The van der Waals surface area contributed by atoms with Gasteiger partial charge in [-0.1, -0.05) is 11.6 Å². The molecule has 1 aromatic heterocycles. The summed E-state index contributed by atoms with van der Waals surface area (Å²) in [4.78, 5) is 2.98. The van der Waals surface area contributed by atoms with Crippen LogP contribution in [0.25, 0.3) is 10.9 Å². The maximum atomic E-state index is 10.0. The highest BCUT2D eigenvalue weighted by Crippen LogP contribution is 2.38. The molecule has 1 saturated heterocycles. The number of aromatic amines is 1. The zero-order valence-electron chi connectivity index (χ0n) is 11.7. The van der Waals surface area contributed by atoms with E-state index in [1.165, 1.54) is 0 Å². The molecule has 9 heteroatoms. The van der Waals surface area contributed by atoms with Crippen LogP contribution in [0.15, 0.2) is 22.8 Å². The summed E-state index contributed by atoms with van der Waals surface area (Å²) in [5, 5.41) is 39.8. The smallest absolute Gasteiger partial charge is 0.229 e. The number of aliphatic hydroxyl groups excluding tert-OH is 4. The largest absolute Gasteiger partial charge is 0.460 e. The van der Waals surface area contributed by atoms with Crippen LogP contribution in [0.4, 0.5) is 0 Å². The number of nitrogens with one attached hydrogen (secondary N) is 1. The first-order valence-electron chi connectivity index (χ1n) is 6.86. The van der Waals surface area contributed by atoms with Crippen LogP contribution in [0, 0.1) is 0 Å². The Morgan fingerprint density at radius 2 is 1.96 bits per heavy atom. The average molecular weight is 409 g/mol. The fraction of sp³-hybridized carbons (Fsp3) is 0.429. The topological polar surface area (TPSA) is 115 Å². The number of benzene rings is 1. The Bertz CT molecular complexity index is 708. The summed E-state index contributed by atoms with van der Waals surface area (Å²) >= 11 is 9.58. The molecule has 2 heterocycles. The lowest BCUT2D eigenvalue weighted by molar-refractivity contribution is -0.277. The Kier molecular flexibility index (Phi) is 4.84. The standard InChI is InChI=1S/C14H15BrClNO6/c15-5-1-2-6-9(10(5)16)7(3-17-6)22-14-13(21)12(20)11(19)8(4-18)23-14/h1-3,8,11-14,17-21H,4H2/t8-,11-,12+,13+,14-/m1/s1. The van der Waals surface area contributed by atoms with E-state index in [9.17, 15) is 20.4 Å². The maximum absolute atomic E-state index is 10.0. The number of halogens is 2. The van der Waals surface area contributed by atoms with Crippen LogP contribution in [-0.4, -0.2) is 62.7 Å². The minimum absolute atomic E-state index is 0.315. The summed E-state index contributed by atoms with van der Waals surface area (Å²) in [6.07, 6.45) is -5.17. The molecule has 1 aliphatic rings. The zero-order valence-corrected chi connectivity index (χ0v) is 14.0. The molecule has 0 amide bonds. The Morgan fingerprint density at radius 3 is 2.65 bits per heavy atom. The second-order valence-corrected chi connectivity index (χ2v) is 6.48. The van der Waals surface area contributed by atoms with Crippen molar-refractivity contribution in [2.45, 2.75) is 30.7 Å². The minimum Gasteiger partial charge on any atom is -0.460 e. The number of ether oxygens (including phenoxy) is 2. The number of fused-ring (bicyclic) bond motifs is 1. The van der Waals surface area contributed by atoms with Crippen molar-refractivity contribution >= 4 is 38.4 Å². The van der Waals surface area contributed by atoms with Gasteiger partial charge in [0.25, 0.3) is 0 Å². The third-order valence-corrected chi connectivity index (χ3v) is 5.07. The molecule has 2 aromatic rings. The summed E-state index contributed by atoms with van der Waals surface area (Å²) in [6.45, 7) is -0.523. The molecule has 0 radical (unpaired) electrons. The van der Waals surface area contributed by atoms with Gasteiger partial charge in [0.2, 0.25) is 6.29 Å². The molecular formula is C14H15BrClNO6. The maximum Gasteiger partial charge on any atom is 0.229 e. The first-order valence-corrected chi connectivity index (χ1v) is 8.03. The number of aromatic nitrogens is 1. The molecule has 1 aliphatic heterocycles. The molecule has 126 valence electrons. The molecule has 1 fully saturated rings. The van der Waals surface area contributed by atoms with Gasteiger partial charge in [0.1, 0.15) is 30.2 Å². The highest BCUT2D eigenvalue weighted by molar-refractivity contribution is 9.10. The minimum atomic E-state index is -1.50. The predicted octanol–water partition coefficient (Wildman–Crippen LogP) is 0.762. The molecule has 0 bridgehead atoms. The van der Waals surface area contributed by atoms with E-state index in [0.717, 1.165) is 5.52 Å². The normalized spacial score (nSPS) is 31.5. The fourth-order valence-corrected chi connectivity index (χ4v) is 3.10. The van der Waals surface area contributed by atoms with E-state index < -0.39 is 37.3 Å². The van der Waals surface area contributed by atoms with Crippen LogP contribution in [0.1, 0.15) is 0 Å². The molecule has 0 spiro atoms. The van der Waals surface area contributed by atoms with E-state index in [-0.39, 0.29) is 0 Å².